The minimum atomic E-state index is -0.227. The number of nitrogens with zero attached hydrogens (tertiary/aromatic N) is 1. The molecule has 5 nitrogen and oxygen atoms in total. The summed E-state index contributed by atoms with van der Waals surface area (Å²) in [5.41, 5.74) is 3.62. The lowest BCUT2D eigenvalue weighted by molar-refractivity contribution is 0.0602. The number of amides is 3. The molecule has 0 saturated carbocycles. The number of hydrogen-bond donors (Lipinski definition) is 2. The van der Waals surface area contributed by atoms with Crippen molar-refractivity contribution in [2.75, 3.05) is 18.4 Å². The molecule has 4 rings (SSSR count). The highest BCUT2D eigenvalue weighted by Crippen LogP contribution is 2.29. The summed E-state index contributed by atoms with van der Waals surface area (Å²) in [6.07, 6.45) is 0. The summed E-state index contributed by atoms with van der Waals surface area (Å²) in [6, 6.07) is 15.5. The van der Waals surface area contributed by atoms with Gasteiger partial charge in [-0.2, -0.15) is 0 Å². The Morgan fingerprint density at radius 1 is 1.09 bits per heavy atom. The minimum Gasteiger partial charge on any atom is -0.337 e. The van der Waals surface area contributed by atoms with Gasteiger partial charge in [-0.25, -0.2) is 4.79 Å². The maximum Gasteiger partial charge on any atom is 0.319 e. The zero-order valence-electron chi connectivity index (χ0n) is 12.6. The molecular weight excluding hydrogens is 290 g/mol. The largest absolute Gasteiger partial charge is 0.337 e. The molecule has 5 heteroatoms. The van der Waals surface area contributed by atoms with Crippen molar-refractivity contribution in [1.29, 1.82) is 0 Å². The number of anilines is 1. The van der Waals surface area contributed by atoms with Crippen molar-refractivity contribution in [1.82, 2.24) is 10.2 Å². The Labute approximate surface area is 134 Å². The van der Waals surface area contributed by atoms with Gasteiger partial charge in [-0.15, -0.1) is 0 Å². The van der Waals surface area contributed by atoms with Crippen molar-refractivity contribution >= 4 is 17.6 Å². The van der Waals surface area contributed by atoms with Crippen LogP contribution >= 0.6 is 0 Å². The van der Waals surface area contributed by atoms with Crippen LogP contribution in [-0.2, 0) is 6.54 Å². The lowest BCUT2D eigenvalue weighted by Gasteiger charge is -2.39. The molecule has 3 amide bonds. The van der Waals surface area contributed by atoms with Gasteiger partial charge in [0.05, 0.1) is 0 Å². The van der Waals surface area contributed by atoms with Gasteiger partial charge in [0.1, 0.15) is 0 Å². The first-order valence-electron chi connectivity index (χ1n) is 7.73. The summed E-state index contributed by atoms with van der Waals surface area (Å²) < 4.78 is 0. The van der Waals surface area contributed by atoms with E-state index in [1.807, 2.05) is 35.2 Å². The topological polar surface area (TPSA) is 61.4 Å². The molecule has 0 spiro atoms. The van der Waals surface area contributed by atoms with Crippen LogP contribution in [0.25, 0.3) is 0 Å². The number of nitrogens with one attached hydrogen (secondary N) is 2. The number of benzene rings is 2. The van der Waals surface area contributed by atoms with Crippen molar-refractivity contribution in [2.24, 2.45) is 0 Å². The van der Waals surface area contributed by atoms with Gasteiger partial charge in [0, 0.05) is 36.8 Å². The molecule has 0 aromatic heterocycles. The second-order valence-corrected chi connectivity index (χ2v) is 6.00. The van der Waals surface area contributed by atoms with Crippen molar-refractivity contribution in [3.63, 3.8) is 0 Å². The molecule has 0 aliphatic carbocycles. The van der Waals surface area contributed by atoms with E-state index >= 15 is 0 Å². The van der Waals surface area contributed by atoms with Gasteiger partial charge in [-0.05, 0) is 23.3 Å². The molecule has 2 N–H and O–H groups in total. The number of carbonyl (C=O) groups excluding carboxylic acids is 2. The van der Waals surface area contributed by atoms with Crippen LogP contribution in [0.2, 0.25) is 0 Å². The molecule has 0 bridgehead atoms. The van der Waals surface area contributed by atoms with Crippen molar-refractivity contribution < 1.29 is 9.59 Å². The first kappa shape index (κ1) is 13.8. The lowest BCUT2D eigenvalue weighted by atomic mass is 9.91. The molecule has 2 aliphatic heterocycles. The summed E-state index contributed by atoms with van der Waals surface area (Å²) in [5.74, 6) is 0.439. The summed E-state index contributed by atoms with van der Waals surface area (Å²) in [5, 5.41) is 5.45. The Morgan fingerprint density at radius 2 is 1.87 bits per heavy atom. The van der Waals surface area contributed by atoms with E-state index in [1.54, 1.807) is 6.07 Å². The number of rotatable bonds is 2. The highest BCUT2D eigenvalue weighted by Gasteiger charge is 2.32. The van der Waals surface area contributed by atoms with Gasteiger partial charge in [0.25, 0.3) is 5.91 Å². The molecule has 1 fully saturated rings. The average molecular weight is 307 g/mol. The van der Waals surface area contributed by atoms with E-state index in [9.17, 15) is 9.59 Å². The molecule has 2 aromatic carbocycles. The monoisotopic (exact) mass is 307 g/mol. The predicted molar refractivity (Wildman–Crippen MR) is 87.4 cm³/mol. The van der Waals surface area contributed by atoms with Crippen molar-refractivity contribution in [3.8, 4) is 0 Å². The van der Waals surface area contributed by atoms with Crippen LogP contribution in [0.15, 0.2) is 48.5 Å². The SMILES string of the molecule is O=C1NCc2ccc(C(=O)N3CC(c4ccccc4)C3)cc2N1. The van der Waals surface area contributed by atoms with Crippen LogP contribution in [0.5, 0.6) is 0 Å². The zero-order valence-corrected chi connectivity index (χ0v) is 12.6. The predicted octanol–water partition coefficient (Wildman–Crippen LogP) is 2.56. The normalized spacial score (nSPS) is 16.9. The number of carbonyl (C=O) groups is 2. The summed E-state index contributed by atoms with van der Waals surface area (Å²) in [6.45, 7) is 1.98. The fourth-order valence-electron chi connectivity index (χ4n) is 3.09. The third-order valence-corrected chi connectivity index (χ3v) is 4.48. The van der Waals surface area contributed by atoms with Gasteiger partial charge in [0.2, 0.25) is 0 Å². The van der Waals surface area contributed by atoms with Gasteiger partial charge in [-0.1, -0.05) is 36.4 Å². The molecule has 1 saturated heterocycles. The van der Waals surface area contributed by atoms with Gasteiger partial charge >= 0.3 is 6.03 Å². The molecule has 2 heterocycles. The lowest BCUT2D eigenvalue weighted by Crippen LogP contribution is -2.48. The van der Waals surface area contributed by atoms with Gasteiger partial charge < -0.3 is 15.5 Å². The van der Waals surface area contributed by atoms with Crippen LogP contribution in [-0.4, -0.2) is 29.9 Å². The van der Waals surface area contributed by atoms with Crippen LogP contribution in [0, 0.1) is 0 Å². The molecule has 2 aliphatic rings. The molecule has 23 heavy (non-hydrogen) atoms. The van der Waals surface area contributed by atoms with Crippen LogP contribution in [0.3, 0.4) is 0 Å². The van der Waals surface area contributed by atoms with E-state index in [-0.39, 0.29) is 11.9 Å². The third-order valence-electron chi connectivity index (χ3n) is 4.48. The summed E-state index contributed by atoms with van der Waals surface area (Å²) in [7, 11) is 0. The second kappa shape index (κ2) is 5.43. The minimum absolute atomic E-state index is 0.0211. The Bertz CT molecular complexity index is 767. The number of likely N-dealkylation sites (tertiary alicyclic amines) is 1. The number of hydrogen-bond acceptors (Lipinski definition) is 2. The second-order valence-electron chi connectivity index (χ2n) is 6.00. The quantitative estimate of drug-likeness (QED) is 0.896. The average Bonchev–Trinajstić information content (AvgIpc) is 2.53. The van der Waals surface area contributed by atoms with Crippen molar-refractivity contribution in [3.05, 3.63) is 65.2 Å². The summed E-state index contributed by atoms with van der Waals surface area (Å²) in [4.78, 5) is 25.8. The summed E-state index contributed by atoms with van der Waals surface area (Å²) >= 11 is 0. The Balaban J connectivity index is 1.46. The number of urea groups is 1. The zero-order chi connectivity index (χ0) is 15.8. The molecule has 116 valence electrons. The van der Waals surface area contributed by atoms with E-state index in [4.69, 9.17) is 0 Å². The fraction of sp³-hybridized carbons (Fsp3) is 0.222. The maximum atomic E-state index is 12.6. The Hall–Kier alpha value is -2.82. The van der Waals surface area contributed by atoms with Crippen molar-refractivity contribution in [2.45, 2.75) is 12.5 Å². The molecular formula is C18H17N3O2. The highest BCUT2D eigenvalue weighted by atomic mass is 16.2. The fourth-order valence-corrected chi connectivity index (χ4v) is 3.09. The van der Waals surface area contributed by atoms with E-state index in [0.717, 1.165) is 24.3 Å². The number of fused-ring (bicyclic) bond motifs is 1. The van der Waals surface area contributed by atoms with Crippen LogP contribution < -0.4 is 10.6 Å². The maximum absolute atomic E-state index is 12.6. The Morgan fingerprint density at radius 3 is 2.65 bits per heavy atom. The van der Waals surface area contributed by atoms with E-state index in [1.165, 1.54) is 5.56 Å². The van der Waals surface area contributed by atoms with Gasteiger partial charge in [-0.3, -0.25) is 4.79 Å². The van der Waals surface area contributed by atoms with Gasteiger partial charge in [0.15, 0.2) is 0 Å². The highest BCUT2D eigenvalue weighted by molar-refractivity contribution is 5.98. The van der Waals surface area contributed by atoms with Crippen LogP contribution in [0.4, 0.5) is 10.5 Å². The van der Waals surface area contributed by atoms with E-state index in [2.05, 4.69) is 22.8 Å². The van der Waals surface area contributed by atoms with Crippen LogP contribution in [0.1, 0.15) is 27.4 Å². The van der Waals surface area contributed by atoms with E-state index < -0.39 is 0 Å². The molecule has 0 atom stereocenters. The first-order valence-corrected chi connectivity index (χ1v) is 7.73. The third kappa shape index (κ3) is 2.54. The molecule has 0 unspecified atom stereocenters. The standard InChI is InChI=1S/C18H17N3O2/c22-17(21-10-15(11-21)12-4-2-1-3-5-12)13-6-7-14-9-19-18(23)20-16(14)8-13/h1-8,15H,9-11H2,(H2,19,20,23). The van der Waals surface area contributed by atoms with E-state index in [0.29, 0.717) is 18.0 Å². The smallest absolute Gasteiger partial charge is 0.319 e. The first-order chi connectivity index (χ1) is 11.2. The molecule has 0 radical (unpaired) electrons. The Kier molecular flexibility index (Phi) is 3.26. The molecule has 2 aromatic rings.